The molecule has 4 heteroatoms. The van der Waals surface area contributed by atoms with Gasteiger partial charge in [-0.05, 0) is 98.7 Å². The quantitative estimate of drug-likeness (QED) is 0.726. The summed E-state index contributed by atoms with van der Waals surface area (Å²) in [5, 5.41) is 11.2. The molecule has 0 aromatic carbocycles. The van der Waals surface area contributed by atoms with Gasteiger partial charge in [-0.1, -0.05) is 20.8 Å². The monoisotopic (exact) mass is 418 g/mol. The minimum Gasteiger partial charge on any atom is -0.390 e. The van der Waals surface area contributed by atoms with Crippen molar-refractivity contribution in [1.82, 2.24) is 9.55 Å². The first-order valence-electron chi connectivity index (χ1n) is 14.8. The fraction of sp³-hybridized carbons (Fsp3) is 0.846. The zero-order valence-electron chi connectivity index (χ0n) is 24.6. The third kappa shape index (κ3) is 3.04. The number of Topliss-reactive ketones (excluding diaryl/α,β-unsaturated/α-hetero) is 1. The van der Waals surface area contributed by atoms with Gasteiger partial charge in [0.1, 0.15) is 1.37 Å². The van der Waals surface area contributed by atoms with Gasteiger partial charge in [0.2, 0.25) is 0 Å². The van der Waals surface area contributed by atoms with Crippen LogP contribution in [-0.4, -0.2) is 26.0 Å². The molecule has 30 heavy (non-hydrogen) atoms. The SMILES string of the molecule is [2H]c1nc([2H])n(CC(=O)[C@@]2([2H])CC[C@H]3[C@@H]4CC[C@H]5C[C@@](O)(C([2H])([2H])C)CC[C@]5(C)[C@H]4CC[C@@]32C)c1[2H]. The van der Waals surface area contributed by atoms with Crippen molar-refractivity contribution in [3.8, 4) is 0 Å². The lowest BCUT2D eigenvalue weighted by Crippen LogP contribution is -2.56. The number of carbonyl (C=O) groups is 1. The first-order chi connectivity index (χ1) is 16.6. The third-order valence-corrected chi connectivity index (χ3v) is 10.0. The van der Waals surface area contributed by atoms with Crippen LogP contribution in [0.1, 0.15) is 93.2 Å². The van der Waals surface area contributed by atoms with Crippen LogP contribution in [0.4, 0.5) is 0 Å². The van der Waals surface area contributed by atoms with Crippen molar-refractivity contribution in [1.29, 1.82) is 0 Å². The van der Waals surface area contributed by atoms with Crippen LogP contribution in [0.3, 0.4) is 0 Å². The molecule has 0 aliphatic heterocycles. The van der Waals surface area contributed by atoms with E-state index in [-0.39, 0.29) is 48.2 Å². The molecule has 8 atom stereocenters. The zero-order valence-corrected chi connectivity index (χ0v) is 18.6. The first-order valence-corrected chi connectivity index (χ1v) is 11.8. The summed E-state index contributed by atoms with van der Waals surface area (Å²) in [5.74, 6) is -0.143. The van der Waals surface area contributed by atoms with Crippen molar-refractivity contribution in [2.45, 2.75) is 97.1 Å². The Kier molecular flexibility index (Phi) is 3.55. The van der Waals surface area contributed by atoms with E-state index in [0.29, 0.717) is 31.1 Å². The Morgan fingerprint density at radius 1 is 1.20 bits per heavy atom. The predicted octanol–water partition coefficient (Wildman–Crippen LogP) is 5.25. The summed E-state index contributed by atoms with van der Waals surface area (Å²) in [6.07, 6.45) is 4.30. The normalized spacial score (nSPS) is 53.7. The van der Waals surface area contributed by atoms with Crippen LogP contribution in [0.15, 0.2) is 18.6 Å². The Balaban J connectivity index is 1.38. The van der Waals surface area contributed by atoms with Crippen LogP contribution in [0.2, 0.25) is 0 Å². The van der Waals surface area contributed by atoms with Gasteiger partial charge in [-0.2, -0.15) is 0 Å². The number of hydrogen-bond acceptors (Lipinski definition) is 3. The average molecular weight is 419 g/mol. The van der Waals surface area contributed by atoms with Gasteiger partial charge in [0.05, 0.1) is 21.2 Å². The first kappa shape index (κ1) is 14.8. The van der Waals surface area contributed by atoms with Gasteiger partial charge in [0.15, 0.2) is 5.78 Å². The summed E-state index contributed by atoms with van der Waals surface area (Å²) in [4.78, 5) is 17.3. The number of ketones is 1. The summed E-state index contributed by atoms with van der Waals surface area (Å²) >= 11 is 0. The van der Waals surface area contributed by atoms with Crippen molar-refractivity contribution in [3.63, 3.8) is 0 Å². The van der Waals surface area contributed by atoms with Crippen molar-refractivity contribution in [2.75, 3.05) is 0 Å². The van der Waals surface area contributed by atoms with Gasteiger partial charge >= 0.3 is 0 Å². The molecule has 0 amide bonds. The molecule has 0 radical (unpaired) electrons. The lowest BCUT2D eigenvalue weighted by atomic mass is 9.43. The summed E-state index contributed by atoms with van der Waals surface area (Å²) < 4.78 is 50.6. The van der Waals surface area contributed by atoms with Gasteiger partial charge in [0, 0.05) is 22.4 Å². The highest BCUT2D eigenvalue weighted by Gasteiger charge is 2.61. The van der Waals surface area contributed by atoms with E-state index in [1.54, 1.807) is 0 Å². The third-order valence-electron chi connectivity index (χ3n) is 10.0. The molecule has 4 aliphatic rings. The number of imidazole rings is 1. The second-order valence-electron chi connectivity index (χ2n) is 11.1. The molecule has 4 nitrogen and oxygen atoms in total. The van der Waals surface area contributed by atoms with Crippen LogP contribution in [0.5, 0.6) is 0 Å². The minimum atomic E-state index is -1.62. The second kappa shape index (κ2) is 7.18. The molecular weight excluding hydrogens is 372 g/mol. The summed E-state index contributed by atoms with van der Waals surface area (Å²) in [5.41, 5.74) is -1.71. The smallest absolute Gasteiger partial charge is 0.156 e. The number of hydrogen-bond donors (Lipinski definition) is 1. The highest BCUT2D eigenvalue weighted by Crippen LogP contribution is 2.68. The fourth-order valence-corrected chi connectivity index (χ4v) is 8.25. The summed E-state index contributed by atoms with van der Waals surface area (Å²) in [7, 11) is 0. The van der Waals surface area contributed by atoms with E-state index in [1.807, 2.05) is 0 Å². The van der Waals surface area contributed by atoms with Gasteiger partial charge in [0.25, 0.3) is 0 Å². The van der Waals surface area contributed by atoms with Gasteiger partial charge in [-0.15, -0.1) is 0 Å². The zero-order chi connectivity index (χ0) is 26.5. The average Bonchev–Trinajstić information content (AvgIpc) is 3.21. The van der Waals surface area contributed by atoms with Gasteiger partial charge in [-0.25, -0.2) is 4.98 Å². The number of carbonyl (C=O) groups excluding carboxylic acids is 1. The Morgan fingerprint density at radius 3 is 2.73 bits per heavy atom. The second-order valence-corrected chi connectivity index (χ2v) is 11.1. The number of nitrogens with zero attached hydrogens (tertiary/aromatic N) is 2. The van der Waals surface area contributed by atoms with Crippen LogP contribution < -0.4 is 0 Å². The number of aliphatic hydroxyl groups is 1. The lowest BCUT2D eigenvalue weighted by Gasteiger charge is -2.62. The van der Waals surface area contributed by atoms with E-state index in [4.69, 9.17) is 6.85 Å². The molecule has 4 aliphatic carbocycles. The van der Waals surface area contributed by atoms with E-state index in [9.17, 15) is 11.3 Å². The maximum atomic E-state index is 13.6. The van der Waals surface area contributed by atoms with E-state index in [1.165, 1.54) is 6.92 Å². The van der Waals surface area contributed by atoms with Gasteiger partial charge < -0.3 is 9.67 Å². The molecule has 166 valence electrons. The van der Waals surface area contributed by atoms with E-state index in [2.05, 4.69) is 18.8 Å². The van der Waals surface area contributed by atoms with Crippen LogP contribution in [-0.2, 0) is 11.3 Å². The van der Waals surface area contributed by atoms with E-state index < -0.39 is 23.3 Å². The Morgan fingerprint density at radius 2 is 2.00 bits per heavy atom. The maximum absolute atomic E-state index is 13.6. The number of aromatic nitrogens is 2. The van der Waals surface area contributed by atoms with Crippen LogP contribution in [0.25, 0.3) is 0 Å². The Bertz CT molecular complexity index is 1070. The summed E-state index contributed by atoms with van der Waals surface area (Å²) in [6.45, 7) is 5.71. The predicted molar refractivity (Wildman–Crippen MR) is 118 cm³/mol. The molecule has 4 fully saturated rings. The summed E-state index contributed by atoms with van der Waals surface area (Å²) in [6, 6.07) is 0. The van der Waals surface area contributed by atoms with Crippen LogP contribution in [0, 0.1) is 40.4 Å². The van der Waals surface area contributed by atoms with Crippen LogP contribution >= 0.6 is 0 Å². The molecule has 0 bridgehead atoms. The standard InChI is InChI=1S/C26H40N2O2/c1-4-26(30)12-11-24(2)18(15-26)5-6-19-20-7-8-22(25(20,3)10-9-21(19)24)23(29)16-28-14-13-27-17-28/h13-14,17-22,30H,4-12,15-16H2,1-3H3/t18-,19-,20-,21-,22+,24-,25-,26+/m0/s1/i4D2,13D,14D,17D,22D. The maximum Gasteiger partial charge on any atom is 0.156 e. The van der Waals surface area contributed by atoms with Crippen molar-refractivity contribution in [3.05, 3.63) is 18.6 Å². The molecule has 1 aromatic heterocycles. The van der Waals surface area contributed by atoms with Crippen molar-refractivity contribution < 1.29 is 18.1 Å². The molecule has 5 rings (SSSR count). The van der Waals surface area contributed by atoms with Crippen molar-refractivity contribution >= 4 is 5.78 Å². The molecule has 0 spiro atoms. The van der Waals surface area contributed by atoms with Gasteiger partial charge in [-0.3, -0.25) is 4.79 Å². The number of rotatable bonds is 4. The van der Waals surface area contributed by atoms with Crippen molar-refractivity contribution in [2.24, 2.45) is 40.4 Å². The molecule has 0 unspecified atom stereocenters. The lowest BCUT2D eigenvalue weighted by molar-refractivity contribution is -0.154. The highest BCUT2D eigenvalue weighted by atomic mass is 16.3. The molecule has 1 N–H and O–H groups in total. The fourth-order valence-electron chi connectivity index (χ4n) is 8.25. The molecule has 4 saturated carbocycles. The molecular formula is C26H40N2O2. The van der Waals surface area contributed by atoms with E-state index >= 15 is 0 Å². The topological polar surface area (TPSA) is 55.1 Å². The molecule has 1 heterocycles. The largest absolute Gasteiger partial charge is 0.390 e. The minimum absolute atomic E-state index is 0.0423. The number of fused-ring (bicyclic) bond motifs is 5. The van der Waals surface area contributed by atoms with E-state index in [0.717, 1.165) is 43.1 Å². The Hall–Kier alpha value is -1.16. The highest BCUT2D eigenvalue weighted by molar-refractivity contribution is 5.82. The molecule has 0 saturated heterocycles. The Labute approximate surface area is 190 Å². The molecule has 1 aromatic rings.